The first-order valence-electron chi connectivity index (χ1n) is 9.52. The van der Waals surface area contributed by atoms with E-state index in [-0.39, 0.29) is 4.88 Å². The number of carbonyl (C=O) groups is 2. The van der Waals surface area contributed by atoms with Gasteiger partial charge in [0.1, 0.15) is 17.2 Å². The average molecular weight is 423 g/mol. The zero-order valence-corrected chi connectivity index (χ0v) is 17.1. The van der Waals surface area contributed by atoms with Crippen LogP contribution in [-0.2, 0) is 13.1 Å². The Bertz CT molecular complexity index is 1070. The highest BCUT2D eigenvalue weighted by Crippen LogP contribution is 2.39. The Morgan fingerprint density at radius 1 is 1.03 bits per heavy atom. The maximum absolute atomic E-state index is 11.7. The molecule has 1 aromatic heterocycles. The smallest absolute Gasteiger partial charge is 0.316 e. The molecule has 0 aliphatic carbocycles. The number of nitrogens with zero attached hydrogens (tertiary/aromatic N) is 1. The molecule has 2 heterocycles. The summed E-state index contributed by atoms with van der Waals surface area (Å²) in [6.45, 7) is 3.19. The predicted octanol–water partition coefficient (Wildman–Crippen LogP) is 3.40. The molecule has 0 bridgehead atoms. The van der Waals surface area contributed by atoms with Gasteiger partial charge in [0.25, 0.3) is 5.91 Å². The molecular weight excluding hydrogens is 400 g/mol. The molecule has 0 saturated heterocycles. The number of anilines is 1. The van der Waals surface area contributed by atoms with Crippen molar-refractivity contribution in [3.05, 3.63) is 70.6 Å². The highest BCUT2D eigenvalue weighted by molar-refractivity contribution is 7.18. The number of amides is 3. The highest BCUT2D eigenvalue weighted by atomic mass is 32.1. The molecule has 1 aliphatic rings. The molecular formula is C22H22N4O3S. The van der Waals surface area contributed by atoms with Crippen LogP contribution in [0.1, 0.15) is 20.8 Å². The van der Waals surface area contributed by atoms with E-state index in [1.165, 1.54) is 22.5 Å². The molecule has 0 radical (unpaired) electrons. The van der Waals surface area contributed by atoms with E-state index in [1.54, 1.807) is 6.07 Å². The van der Waals surface area contributed by atoms with E-state index in [0.29, 0.717) is 18.0 Å². The molecule has 30 heavy (non-hydrogen) atoms. The molecule has 0 fully saturated rings. The summed E-state index contributed by atoms with van der Waals surface area (Å²) in [7, 11) is 0. The molecule has 5 N–H and O–H groups in total. The molecule has 3 amide bonds. The van der Waals surface area contributed by atoms with E-state index in [2.05, 4.69) is 34.5 Å². The number of thiophene rings is 1. The average Bonchev–Trinajstić information content (AvgIpc) is 3.31. The zero-order chi connectivity index (χ0) is 21.1. The Kier molecular flexibility index (Phi) is 5.69. The lowest BCUT2D eigenvalue weighted by atomic mass is 10.1. The van der Waals surface area contributed by atoms with E-state index >= 15 is 0 Å². The van der Waals surface area contributed by atoms with Crippen molar-refractivity contribution in [2.45, 2.75) is 13.1 Å². The first kappa shape index (κ1) is 19.9. The molecule has 154 valence electrons. The van der Waals surface area contributed by atoms with E-state index < -0.39 is 11.9 Å². The third kappa shape index (κ3) is 4.29. The number of carbonyl (C=O) groups excluding carboxylic acids is 2. The van der Waals surface area contributed by atoms with E-state index in [0.717, 1.165) is 30.1 Å². The van der Waals surface area contributed by atoms with Gasteiger partial charge in [-0.15, -0.1) is 11.3 Å². The summed E-state index contributed by atoms with van der Waals surface area (Å²) in [5.41, 5.74) is 14.5. The van der Waals surface area contributed by atoms with Crippen LogP contribution in [0.15, 0.2) is 54.6 Å². The Hall–Kier alpha value is -3.36. The molecule has 2 aromatic carbocycles. The lowest BCUT2D eigenvalue weighted by Gasteiger charge is -2.16. The Balaban J connectivity index is 1.47. The van der Waals surface area contributed by atoms with Crippen molar-refractivity contribution in [3.8, 4) is 16.2 Å². The number of hydrogen-bond donors (Lipinski definition) is 3. The fraction of sp³-hybridized carbons (Fsp3) is 0.182. The minimum atomic E-state index is -0.752. The van der Waals surface area contributed by atoms with Gasteiger partial charge in [-0.2, -0.15) is 0 Å². The monoisotopic (exact) mass is 422 g/mol. The molecule has 0 spiro atoms. The predicted molar refractivity (Wildman–Crippen MR) is 118 cm³/mol. The number of ether oxygens (including phenoxy) is 1. The Morgan fingerprint density at radius 2 is 1.70 bits per heavy atom. The van der Waals surface area contributed by atoms with Crippen LogP contribution in [0.3, 0.4) is 0 Å². The van der Waals surface area contributed by atoms with Crippen LogP contribution < -0.4 is 21.5 Å². The maximum atomic E-state index is 11.7. The molecule has 8 heteroatoms. The second kappa shape index (κ2) is 8.56. The topological polar surface area (TPSA) is 111 Å². The zero-order valence-electron chi connectivity index (χ0n) is 16.3. The van der Waals surface area contributed by atoms with Crippen molar-refractivity contribution in [1.29, 1.82) is 0 Å². The quantitative estimate of drug-likeness (QED) is 0.542. The van der Waals surface area contributed by atoms with Crippen molar-refractivity contribution < 1.29 is 14.3 Å². The summed E-state index contributed by atoms with van der Waals surface area (Å²) >= 11 is 1.19. The van der Waals surface area contributed by atoms with Crippen LogP contribution in [0.2, 0.25) is 0 Å². The summed E-state index contributed by atoms with van der Waals surface area (Å²) in [5.74, 6) is 0.0825. The maximum Gasteiger partial charge on any atom is 0.316 e. The number of urea groups is 1. The van der Waals surface area contributed by atoms with Gasteiger partial charge in [0, 0.05) is 30.1 Å². The van der Waals surface area contributed by atoms with Gasteiger partial charge in [-0.25, -0.2) is 4.79 Å². The van der Waals surface area contributed by atoms with Gasteiger partial charge in [-0.3, -0.25) is 9.69 Å². The molecule has 1 aliphatic heterocycles. The molecule has 7 nitrogen and oxygen atoms in total. The number of primary amides is 2. The number of benzene rings is 2. The lowest BCUT2D eigenvalue weighted by Crippen LogP contribution is -2.23. The second-order valence-corrected chi connectivity index (χ2v) is 8.08. The third-order valence-electron chi connectivity index (χ3n) is 4.94. The van der Waals surface area contributed by atoms with Gasteiger partial charge in [-0.1, -0.05) is 36.4 Å². The van der Waals surface area contributed by atoms with Crippen molar-refractivity contribution in [3.63, 3.8) is 0 Å². The third-order valence-corrected chi connectivity index (χ3v) is 6.12. The number of para-hydroxylation sites is 1. The summed E-state index contributed by atoms with van der Waals surface area (Å²) in [6.07, 6.45) is 0. The van der Waals surface area contributed by atoms with Crippen LogP contribution in [0, 0.1) is 0 Å². The number of rotatable bonds is 7. The molecule has 0 unspecified atom stereocenters. The van der Waals surface area contributed by atoms with Gasteiger partial charge in [0.2, 0.25) is 0 Å². The van der Waals surface area contributed by atoms with Gasteiger partial charge in [-0.05, 0) is 29.3 Å². The normalized spacial score (nSPS) is 13.1. The van der Waals surface area contributed by atoms with Gasteiger partial charge >= 0.3 is 6.03 Å². The first-order valence-corrected chi connectivity index (χ1v) is 10.3. The fourth-order valence-corrected chi connectivity index (χ4v) is 4.57. The van der Waals surface area contributed by atoms with E-state index in [1.807, 2.05) is 24.3 Å². The van der Waals surface area contributed by atoms with Crippen LogP contribution in [0.25, 0.3) is 10.4 Å². The van der Waals surface area contributed by atoms with Crippen molar-refractivity contribution in [2.24, 2.45) is 11.5 Å². The summed E-state index contributed by atoms with van der Waals surface area (Å²) in [4.78, 5) is 26.3. The molecule has 0 saturated carbocycles. The Labute approximate surface area is 178 Å². The van der Waals surface area contributed by atoms with Crippen molar-refractivity contribution in [1.82, 2.24) is 4.90 Å². The minimum Gasteiger partial charge on any atom is -0.492 e. The number of hydrogen-bond acceptors (Lipinski definition) is 5. The van der Waals surface area contributed by atoms with Crippen molar-refractivity contribution in [2.75, 3.05) is 18.5 Å². The first-order chi connectivity index (χ1) is 14.5. The molecule has 0 atom stereocenters. The largest absolute Gasteiger partial charge is 0.492 e. The van der Waals surface area contributed by atoms with Crippen LogP contribution in [-0.4, -0.2) is 30.0 Å². The fourth-order valence-electron chi connectivity index (χ4n) is 3.57. The molecule has 3 aromatic rings. The highest BCUT2D eigenvalue weighted by Gasteiger charge is 2.20. The number of nitrogens with one attached hydrogen (secondary N) is 1. The van der Waals surface area contributed by atoms with Crippen LogP contribution in [0.4, 0.5) is 10.5 Å². The SMILES string of the molecule is NC(=O)Nc1cc(-c2ccccc2OCCN2Cc3ccccc3C2)sc1C(N)=O. The number of nitrogens with two attached hydrogens (primary N) is 2. The van der Waals surface area contributed by atoms with E-state index in [4.69, 9.17) is 16.2 Å². The Morgan fingerprint density at radius 3 is 2.37 bits per heavy atom. The summed E-state index contributed by atoms with van der Waals surface area (Å²) in [5, 5.41) is 2.45. The van der Waals surface area contributed by atoms with Crippen LogP contribution in [0.5, 0.6) is 5.75 Å². The molecule has 4 rings (SSSR count). The lowest BCUT2D eigenvalue weighted by molar-refractivity contribution is 0.100. The standard InChI is InChI=1S/C22H22N4O3S/c23-21(27)20-17(25-22(24)28)11-19(30-20)16-7-3-4-8-18(16)29-10-9-26-12-14-5-1-2-6-15(14)13-26/h1-8,11H,9-10,12-13H2,(H2,23,27)(H3,24,25,28). The van der Waals surface area contributed by atoms with Gasteiger partial charge in [0.15, 0.2) is 0 Å². The summed E-state index contributed by atoms with van der Waals surface area (Å²) in [6, 6.07) is 17.0. The van der Waals surface area contributed by atoms with Crippen molar-refractivity contribution >= 4 is 29.0 Å². The van der Waals surface area contributed by atoms with E-state index in [9.17, 15) is 9.59 Å². The van der Waals surface area contributed by atoms with Crippen LogP contribution >= 0.6 is 11.3 Å². The number of fused-ring (bicyclic) bond motifs is 1. The van der Waals surface area contributed by atoms with Gasteiger partial charge in [0.05, 0.1) is 5.69 Å². The second-order valence-electron chi connectivity index (χ2n) is 7.03. The minimum absolute atomic E-state index is 0.244. The van der Waals surface area contributed by atoms with Gasteiger partial charge < -0.3 is 21.5 Å². The summed E-state index contributed by atoms with van der Waals surface area (Å²) < 4.78 is 6.08.